The van der Waals surface area contributed by atoms with Gasteiger partial charge in [-0.15, -0.1) is 0 Å². The lowest BCUT2D eigenvalue weighted by Crippen LogP contribution is -2.40. The number of rotatable bonds is 4. The highest BCUT2D eigenvalue weighted by Gasteiger charge is 2.19. The third kappa shape index (κ3) is 3.53. The van der Waals surface area contributed by atoms with Crippen LogP contribution in [0.25, 0.3) is 0 Å². The van der Waals surface area contributed by atoms with Crippen molar-refractivity contribution in [3.05, 3.63) is 0 Å². The van der Waals surface area contributed by atoms with E-state index < -0.39 is 0 Å². The summed E-state index contributed by atoms with van der Waals surface area (Å²) in [7, 11) is 0. The molecular formula is C11H20N2O2. The van der Waals surface area contributed by atoms with Gasteiger partial charge in [-0.05, 0) is 19.3 Å². The quantitative estimate of drug-likeness (QED) is 0.748. The summed E-state index contributed by atoms with van der Waals surface area (Å²) in [6.07, 6.45) is 2.99. The van der Waals surface area contributed by atoms with Gasteiger partial charge in [0.05, 0.1) is 6.54 Å². The van der Waals surface area contributed by atoms with Crippen molar-refractivity contribution < 1.29 is 9.59 Å². The predicted molar refractivity (Wildman–Crippen MR) is 58.3 cm³/mol. The van der Waals surface area contributed by atoms with Crippen LogP contribution >= 0.6 is 0 Å². The predicted octanol–water partition coefficient (Wildman–Crippen LogP) is 0.771. The molecule has 86 valence electrons. The molecule has 1 unspecified atom stereocenters. The molecule has 0 radical (unpaired) electrons. The van der Waals surface area contributed by atoms with Gasteiger partial charge in [-0.3, -0.25) is 9.59 Å². The minimum absolute atomic E-state index is 0.00335. The van der Waals surface area contributed by atoms with Gasteiger partial charge in [0, 0.05) is 19.0 Å². The van der Waals surface area contributed by atoms with Crippen LogP contribution in [0.5, 0.6) is 0 Å². The smallest absolute Gasteiger partial charge is 0.241 e. The van der Waals surface area contributed by atoms with E-state index in [4.69, 9.17) is 0 Å². The number of nitrogens with zero attached hydrogens (tertiary/aromatic N) is 1. The van der Waals surface area contributed by atoms with Crippen molar-refractivity contribution in [3.8, 4) is 0 Å². The van der Waals surface area contributed by atoms with Crippen LogP contribution < -0.4 is 5.32 Å². The molecule has 0 aromatic carbocycles. The van der Waals surface area contributed by atoms with Gasteiger partial charge in [0.2, 0.25) is 11.8 Å². The molecule has 4 nitrogen and oxygen atoms in total. The summed E-state index contributed by atoms with van der Waals surface area (Å²) >= 11 is 0. The van der Waals surface area contributed by atoms with Gasteiger partial charge in [0.15, 0.2) is 0 Å². The molecule has 15 heavy (non-hydrogen) atoms. The number of amides is 2. The summed E-state index contributed by atoms with van der Waals surface area (Å²) in [5.74, 6) is 0.0191. The van der Waals surface area contributed by atoms with Gasteiger partial charge in [-0.1, -0.05) is 13.8 Å². The third-order valence-electron chi connectivity index (χ3n) is 2.93. The van der Waals surface area contributed by atoms with Crippen LogP contribution in [0.1, 0.15) is 33.1 Å². The first-order chi connectivity index (χ1) is 7.15. The SMILES string of the molecule is CCC(C)C(=O)NCC(=O)N1CCCC1. The highest BCUT2D eigenvalue weighted by atomic mass is 16.2. The topological polar surface area (TPSA) is 49.4 Å². The van der Waals surface area contributed by atoms with Gasteiger partial charge in [-0.25, -0.2) is 0 Å². The summed E-state index contributed by atoms with van der Waals surface area (Å²) in [4.78, 5) is 24.8. The highest BCUT2D eigenvalue weighted by molar-refractivity contribution is 5.85. The molecule has 4 heteroatoms. The fraction of sp³-hybridized carbons (Fsp3) is 0.818. The maximum atomic E-state index is 11.6. The zero-order chi connectivity index (χ0) is 11.3. The molecule has 2 amide bonds. The van der Waals surface area contributed by atoms with Crippen molar-refractivity contribution in [1.29, 1.82) is 0 Å². The molecule has 0 spiro atoms. The molecule has 0 saturated carbocycles. The van der Waals surface area contributed by atoms with E-state index in [9.17, 15) is 9.59 Å². The summed E-state index contributed by atoms with van der Waals surface area (Å²) in [5.41, 5.74) is 0. The van der Waals surface area contributed by atoms with Crippen molar-refractivity contribution in [1.82, 2.24) is 10.2 Å². The fourth-order valence-corrected chi connectivity index (χ4v) is 1.60. The van der Waals surface area contributed by atoms with Crippen LogP contribution in [0.3, 0.4) is 0 Å². The second-order valence-corrected chi connectivity index (χ2v) is 4.11. The maximum Gasteiger partial charge on any atom is 0.241 e. The third-order valence-corrected chi connectivity index (χ3v) is 2.93. The maximum absolute atomic E-state index is 11.6. The van der Waals surface area contributed by atoms with Crippen molar-refractivity contribution in [2.45, 2.75) is 33.1 Å². The molecule has 1 N–H and O–H groups in total. The Hall–Kier alpha value is -1.06. The zero-order valence-corrected chi connectivity index (χ0v) is 9.58. The number of carbonyl (C=O) groups is 2. The first-order valence-electron chi connectivity index (χ1n) is 5.70. The Labute approximate surface area is 91.0 Å². The molecule has 1 fully saturated rings. The van der Waals surface area contributed by atoms with Crippen LogP contribution in [0.4, 0.5) is 0 Å². The number of carbonyl (C=O) groups excluding carboxylic acids is 2. The second kappa shape index (κ2) is 5.73. The van der Waals surface area contributed by atoms with Crippen LogP contribution in [0.15, 0.2) is 0 Å². The van der Waals surface area contributed by atoms with Crippen LogP contribution in [-0.4, -0.2) is 36.3 Å². The average molecular weight is 212 g/mol. The molecule has 1 saturated heterocycles. The van der Waals surface area contributed by atoms with Gasteiger partial charge in [0.25, 0.3) is 0 Å². The lowest BCUT2D eigenvalue weighted by Gasteiger charge is -2.16. The van der Waals surface area contributed by atoms with E-state index in [1.165, 1.54) is 0 Å². The van der Waals surface area contributed by atoms with Gasteiger partial charge >= 0.3 is 0 Å². The van der Waals surface area contributed by atoms with Crippen LogP contribution in [0.2, 0.25) is 0 Å². The number of nitrogens with one attached hydrogen (secondary N) is 1. The fourth-order valence-electron chi connectivity index (χ4n) is 1.60. The Morgan fingerprint density at radius 3 is 2.47 bits per heavy atom. The normalized spacial score (nSPS) is 17.6. The van der Waals surface area contributed by atoms with Gasteiger partial charge in [0.1, 0.15) is 0 Å². The first-order valence-corrected chi connectivity index (χ1v) is 5.70. The largest absolute Gasteiger partial charge is 0.347 e. The highest BCUT2D eigenvalue weighted by Crippen LogP contribution is 2.07. The molecule has 1 atom stereocenters. The molecule has 0 aliphatic carbocycles. The lowest BCUT2D eigenvalue weighted by atomic mass is 10.1. The summed E-state index contributed by atoms with van der Waals surface area (Å²) in [6, 6.07) is 0. The van der Waals surface area contributed by atoms with E-state index in [-0.39, 0.29) is 24.3 Å². The second-order valence-electron chi connectivity index (χ2n) is 4.11. The van der Waals surface area contributed by atoms with E-state index in [0.29, 0.717) is 0 Å². The van der Waals surface area contributed by atoms with Crippen molar-refractivity contribution in [2.75, 3.05) is 19.6 Å². The minimum Gasteiger partial charge on any atom is -0.347 e. The Balaban J connectivity index is 2.24. The monoisotopic (exact) mass is 212 g/mol. The number of hydrogen-bond donors (Lipinski definition) is 1. The van der Waals surface area contributed by atoms with Crippen molar-refractivity contribution in [2.24, 2.45) is 5.92 Å². The Kier molecular flexibility index (Phi) is 4.59. The van der Waals surface area contributed by atoms with E-state index in [1.54, 1.807) is 0 Å². The lowest BCUT2D eigenvalue weighted by molar-refractivity contribution is -0.133. The van der Waals surface area contributed by atoms with E-state index in [1.807, 2.05) is 18.7 Å². The van der Waals surface area contributed by atoms with E-state index in [0.717, 1.165) is 32.4 Å². The zero-order valence-electron chi connectivity index (χ0n) is 9.58. The van der Waals surface area contributed by atoms with Gasteiger partial charge < -0.3 is 10.2 Å². The number of likely N-dealkylation sites (tertiary alicyclic amines) is 1. The summed E-state index contributed by atoms with van der Waals surface area (Å²) in [6.45, 7) is 5.68. The molecule has 1 aliphatic rings. The molecule has 1 rings (SSSR count). The molecule has 1 aliphatic heterocycles. The van der Waals surface area contributed by atoms with Crippen molar-refractivity contribution in [3.63, 3.8) is 0 Å². The Morgan fingerprint density at radius 1 is 1.33 bits per heavy atom. The van der Waals surface area contributed by atoms with Gasteiger partial charge in [-0.2, -0.15) is 0 Å². The van der Waals surface area contributed by atoms with Crippen LogP contribution in [-0.2, 0) is 9.59 Å². The number of hydrogen-bond acceptors (Lipinski definition) is 2. The first kappa shape index (κ1) is 12.0. The average Bonchev–Trinajstić information content (AvgIpc) is 2.77. The molecule has 0 aromatic heterocycles. The summed E-state index contributed by atoms with van der Waals surface area (Å²) < 4.78 is 0. The molecular weight excluding hydrogens is 192 g/mol. The Bertz CT molecular complexity index is 235. The molecule has 0 bridgehead atoms. The Morgan fingerprint density at radius 2 is 1.93 bits per heavy atom. The van der Waals surface area contributed by atoms with E-state index in [2.05, 4.69) is 5.32 Å². The molecule has 1 heterocycles. The molecule has 0 aromatic rings. The van der Waals surface area contributed by atoms with E-state index >= 15 is 0 Å². The standard InChI is InChI=1S/C11H20N2O2/c1-3-9(2)11(15)12-8-10(14)13-6-4-5-7-13/h9H,3-8H2,1-2H3,(H,12,15). The minimum atomic E-state index is -0.0231. The van der Waals surface area contributed by atoms with Crippen molar-refractivity contribution >= 4 is 11.8 Å². The van der Waals surface area contributed by atoms with Crippen LogP contribution in [0, 0.1) is 5.92 Å². The summed E-state index contributed by atoms with van der Waals surface area (Å²) in [5, 5.41) is 2.68.